The number of rotatable bonds is 6. The second-order valence-electron chi connectivity index (χ2n) is 10.5. The third-order valence-electron chi connectivity index (χ3n) is 7.20. The number of benzene rings is 2. The van der Waals surface area contributed by atoms with Crippen molar-refractivity contribution in [3.63, 3.8) is 0 Å². The zero-order chi connectivity index (χ0) is 27.0. The molecule has 36 heavy (non-hydrogen) atoms. The standard InChI is InChI=1S/C10H8O6S2.2C8H18N/c11-17(12,13)9-5-1-3-7-8(9)4-2-6-10(7)18(14,15)16;2*1-3-6-9(2)7-4-5-8-9/h1-6H,(H,11,12,13)(H,14,15,16);2*3-8H2,1-2H3/q;2*+1/p-2. The van der Waals surface area contributed by atoms with Crippen LogP contribution in [-0.4, -0.2) is 88.3 Å². The SMILES string of the molecule is CCC[N+]1(C)CCCC1.CCC[N+]1(C)CCCC1.O=S(=O)([O-])c1cccc2c(S(=O)(=O)[O-])cccc12. The normalized spacial score (nSPS) is 18.7. The molecular formula is C26H42N2O6S2. The van der Waals surface area contributed by atoms with Crippen molar-refractivity contribution >= 4 is 31.0 Å². The largest absolute Gasteiger partial charge is 0.744 e. The fourth-order valence-electron chi connectivity index (χ4n) is 5.41. The number of fused-ring (bicyclic) bond motifs is 1. The summed E-state index contributed by atoms with van der Waals surface area (Å²) < 4.78 is 68.8. The summed E-state index contributed by atoms with van der Waals surface area (Å²) in [5.74, 6) is 0. The molecule has 0 spiro atoms. The molecular weight excluding hydrogens is 500 g/mol. The number of nitrogens with zero attached hydrogens (tertiary/aromatic N) is 2. The number of quaternary nitrogens is 2. The van der Waals surface area contributed by atoms with Crippen molar-refractivity contribution in [3.05, 3.63) is 36.4 Å². The minimum absolute atomic E-state index is 0.0792. The summed E-state index contributed by atoms with van der Waals surface area (Å²) in [6.07, 6.45) is 8.51. The van der Waals surface area contributed by atoms with Crippen molar-refractivity contribution < 1.29 is 34.9 Å². The smallest absolute Gasteiger partial charge is 0.125 e. The van der Waals surface area contributed by atoms with E-state index in [4.69, 9.17) is 0 Å². The predicted octanol–water partition coefficient (Wildman–Crippen LogP) is 3.92. The highest BCUT2D eigenvalue weighted by atomic mass is 32.2. The lowest BCUT2D eigenvalue weighted by molar-refractivity contribution is -0.897. The minimum Gasteiger partial charge on any atom is -0.744 e. The van der Waals surface area contributed by atoms with E-state index in [1.54, 1.807) is 0 Å². The van der Waals surface area contributed by atoms with Crippen LogP contribution in [0.1, 0.15) is 52.4 Å². The fourth-order valence-corrected chi connectivity index (χ4v) is 6.80. The molecule has 0 aliphatic carbocycles. The van der Waals surface area contributed by atoms with Gasteiger partial charge in [-0.3, -0.25) is 0 Å². The summed E-state index contributed by atoms with van der Waals surface area (Å²) in [7, 11) is -4.71. The Morgan fingerprint density at radius 1 is 0.639 bits per heavy atom. The van der Waals surface area contributed by atoms with Gasteiger partial charge in [0, 0.05) is 36.5 Å². The van der Waals surface area contributed by atoms with Gasteiger partial charge in [0.15, 0.2) is 0 Å². The van der Waals surface area contributed by atoms with Gasteiger partial charge in [0.05, 0.1) is 63.2 Å². The summed E-state index contributed by atoms with van der Waals surface area (Å²) in [4.78, 5) is -1.10. The molecule has 2 aromatic carbocycles. The zero-order valence-electron chi connectivity index (χ0n) is 22.1. The zero-order valence-corrected chi connectivity index (χ0v) is 23.7. The molecule has 2 heterocycles. The maximum atomic E-state index is 11.0. The molecule has 8 nitrogen and oxygen atoms in total. The first-order valence-electron chi connectivity index (χ1n) is 12.9. The van der Waals surface area contributed by atoms with Gasteiger partial charge in [0.1, 0.15) is 20.2 Å². The van der Waals surface area contributed by atoms with Gasteiger partial charge in [0.25, 0.3) is 0 Å². The molecule has 0 saturated carbocycles. The summed E-state index contributed by atoms with van der Waals surface area (Å²) in [6, 6.07) is 7.09. The third kappa shape index (κ3) is 8.78. The average Bonchev–Trinajstić information content (AvgIpc) is 3.41. The Kier molecular flexibility index (Phi) is 10.9. The van der Waals surface area contributed by atoms with Crippen molar-refractivity contribution in [2.45, 2.75) is 62.2 Å². The van der Waals surface area contributed by atoms with Crippen LogP contribution in [0.25, 0.3) is 10.8 Å². The highest BCUT2D eigenvalue weighted by Crippen LogP contribution is 2.28. The van der Waals surface area contributed by atoms with Crippen molar-refractivity contribution in [1.29, 1.82) is 0 Å². The van der Waals surface area contributed by atoms with Crippen molar-refractivity contribution in [1.82, 2.24) is 0 Å². The van der Waals surface area contributed by atoms with Crippen LogP contribution in [0.3, 0.4) is 0 Å². The molecule has 0 N–H and O–H groups in total. The van der Waals surface area contributed by atoms with E-state index in [-0.39, 0.29) is 10.8 Å². The molecule has 2 aliphatic rings. The molecule has 10 heteroatoms. The van der Waals surface area contributed by atoms with Crippen molar-refractivity contribution in [2.75, 3.05) is 53.4 Å². The van der Waals surface area contributed by atoms with E-state index in [0.717, 1.165) is 12.1 Å². The maximum Gasteiger partial charge on any atom is 0.125 e. The van der Waals surface area contributed by atoms with Gasteiger partial charge < -0.3 is 18.1 Å². The van der Waals surface area contributed by atoms with E-state index < -0.39 is 30.0 Å². The number of hydrogen-bond donors (Lipinski definition) is 0. The van der Waals surface area contributed by atoms with E-state index in [1.807, 2.05) is 0 Å². The fraction of sp³-hybridized carbons (Fsp3) is 0.615. The summed E-state index contributed by atoms with van der Waals surface area (Å²) in [6.45, 7) is 13.0. The second kappa shape index (κ2) is 12.8. The molecule has 2 aliphatic heterocycles. The molecule has 2 aromatic rings. The van der Waals surface area contributed by atoms with E-state index in [9.17, 15) is 25.9 Å². The Labute approximate surface area is 217 Å². The first kappa shape index (κ1) is 30.7. The number of hydrogen-bond acceptors (Lipinski definition) is 6. The van der Waals surface area contributed by atoms with Crippen molar-refractivity contribution in [3.8, 4) is 0 Å². The van der Waals surface area contributed by atoms with Gasteiger partial charge in [0.2, 0.25) is 0 Å². The van der Waals surface area contributed by atoms with Crippen molar-refractivity contribution in [2.24, 2.45) is 0 Å². The molecule has 0 atom stereocenters. The Morgan fingerprint density at radius 3 is 1.19 bits per heavy atom. The van der Waals surface area contributed by atoms with E-state index in [0.29, 0.717) is 0 Å². The maximum absolute atomic E-state index is 11.0. The van der Waals surface area contributed by atoms with Crippen LogP contribution >= 0.6 is 0 Å². The molecule has 0 amide bonds. The average molecular weight is 543 g/mol. The Morgan fingerprint density at radius 2 is 0.944 bits per heavy atom. The van der Waals surface area contributed by atoms with Gasteiger partial charge in [-0.15, -0.1) is 0 Å². The molecule has 0 radical (unpaired) electrons. The van der Waals surface area contributed by atoms with Gasteiger partial charge in [-0.05, 0) is 25.0 Å². The Balaban J connectivity index is 0.000000212. The molecule has 204 valence electrons. The number of likely N-dealkylation sites (tertiary alicyclic amines) is 2. The van der Waals surface area contributed by atoms with Crippen LogP contribution in [0.15, 0.2) is 46.2 Å². The lowest BCUT2D eigenvalue weighted by atomic mass is 10.1. The van der Waals surface area contributed by atoms with Gasteiger partial charge in [-0.25, -0.2) is 16.8 Å². The molecule has 0 unspecified atom stereocenters. The minimum atomic E-state index is -4.74. The lowest BCUT2D eigenvalue weighted by Crippen LogP contribution is -2.41. The Hall–Kier alpha value is -1.56. The van der Waals surface area contributed by atoms with Gasteiger partial charge >= 0.3 is 0 Å². The highest BCUT2D eigenvalue weighted by Gasteiger charge is 2.25. The first-order chi connectivity index (χ1) is 16.7. The monoisotopic (exact) mass is 542 g/mol. The van der Waals surface area contributed by atoms with E-state index in [2.05, 4.69) is 27.9 Å². The summed E-state index contributed by atoms with van der Waals surface area (Å²) >= 11 is 0. The third-order valence-corrected chi connectivity index (χ3v) is 8.99. The molecule has 0 aromatic heterocycles. The molecule has 2 fully saturated rings. The summed E-state index contributed by atoms with van der Waals surface area (Å²) in [5, 5.41) is -0.158. The first-order valence-corrected chi connectivity index (χ1v) is 15.7. The van der Waals surface area contributed by atoms with Gasteiger partial charge in [-0.2, -0.15) is 0 Å². The van der Waals surface area contributed by atoms with E-state index in [1.165, 1.54) is 111 Å². The lowest BCUT2D eigenvalue weighted by Gasteiger charge is -2.28. The second-order valence-corrected chi connectivity index (χ2v) is 13.2. The molecule has 2 saturated heterocycles. The van der Waals surface area contributed by atoms with Crippen LogP contribution in [-0.2, 0) is 20.2 Å². The Bertz CT molecular complexity index is 1100. The van der Waals surface area contributed by atoms with Crippen LogP contribution in [0.4, 0.5) is 0 Å². The molecule has 0 bridgehead atoms. The van der Waals surface area contributed by atoms with Crippen LogP contribution < -0.4 is 0 Å². The van der Waals surface area contributed by atoms with Crippen LogP contribution in [0, 0.1) is 0 Å². The summed E-state index contributed by atoms with van der Waals surface area (Å²) in [5.41, 5.74) is 0. The van der Waals surface area contributed by atoms with Crippen LogP contribution in [0.5, 0.6) is 0 Å². The molecule has 4 rings (SSSR count). The topological polar surface area (TPSA) is 114 Å². The van der Waals surface area contributed by atoms with E-state index >= 15 is 0 Å². The quantitative estimate of drug-likeness (QED) is 0.404. The van der Waals surface area contributed by atoms with Crippen LogP contribution in [0.2, 0.25) is 0 Å². The predicted molar refractivity (Wildman–Crippen MR) is 140 cm³/mol. The highest BCUT2D eigenvalue weighted by molar-refractivity contribution is 7.86. The van der Waals surface area contributed by atoms with Gasteiger partial charge in [-0.1, -0.05) is 38.1 Å².